The van der Waals surface area contributed by atoms with Crippen molar-refractivity contribution in [3.05, 3.63) is 358 Å². The van der Waals surface area contributed by atoms with E-state index >= 15 is 0 Å². The van der Waals surface area contributed by atoms with E-state index in [9.17, 15) is 0 Å². The van der Waals surface area contributed by atoms with Crippen molar-refractivity contribution in [2.45, 2.75) is 0 Å². The molecule has 5 heteroatoms. The predicted octanol–water partition coefficient (Wildman–Crippen LogP) is 25.4. The topological polar surface area (TPSA) is 32.6 Å². The molecule has 0 aliphatic rings. The first kappa shape index (κ1) is 55.9. The monoisotopic (exact) mass is 1270 g/mol. The molecule has 22 rings (SSSR count). The minimum atomic E-state index is 1.11. The van der Waals surface area contributed by atoms with Crippen molar-refractivity contribution in [2.75, 3.05) is 0 Å². The van der Waals surface area contributed by atoms with Crippen molar-refractivity contribution in [3.63, 3.8) is 0 Å². The SMILES string of the molecule is c1ccc(-n2c3ccccc3c3cc(-c4ccc5c(c4)c4ccccc4n5-c4ccc5c6ccccc6c6ccccc6c5c4)ccc32)cc1.c1ccc2c(c1)c1ccccc1c1cc(-n3c4ccccc4c4cc(-c5ccc6c(c5)c5ccccc5n6-c5ccncc5)ccc43)ccc21. The largest absolute Gasteiger partial charge is 0.309 e. The summed E-state index contributed by atoms with van der Waals surface area (Å²) in [7, 11) is 0. The number of aromatic nitrogens is 5. The Balaban J connectivity index is 0.000000131. The van der Waals surface area contributed by atoms with Crippen molar-refractivity contribution >= 4 is 152 Å². The normalized spacial score (nSPS) is 12.0. The van der Waals surface area contributed by atoms with Crippen LogP contribution in [0.4, 0.5) is 0 Å². The number of nitrogens with zero attached hydrogens (tertiary/aromatic N) is 5. The molecule has 0 aliphatic heterocycles. The molecule has 0 unspecified atom stereocenters. The predicted molar refractivity (Wildman–Crippen MR) is 424 cm³/mol. The highest BCUT2D eigenvalue weighted by Gasteiger charge is 2.21. The zero-order chi connectivity index (χ0) is 65.5. The quantitative estimate of drug-likeness (QED) is 0.153. The van der Waals surface area contributed by atoms with Crippen molar-refractivity contribution in [1.82, 2.24) is 23.3 Å². The summed E-state index contributed by atoms with van der Waals surface area (Å²) in [5, 5.41) is 25.5. The van der Waals surface area contributed by atoms with E-state index in [1.165, 1.54) is 191 Å². The van der Waals surface area contributed by atoms with Gasteiger partial charge in [0, 0.05) is 78.2 Å². The Bertz CT molecular complexity index is 6650. The number of fused-ring (bicyclic) bond motifs is 24. The summed E-state index contributed by atoms with van der Waals surface area (Å²) in [4.78, 5) is 4.26. The number of hydrogen-bond acceptors (Lipinski definition) is 1. The Morgan fingerprint density at radius 2 is 0.370 bits per heavy atom. The van der Waals surface area contributed by atoms with Gasteiger partial charge in [0.15, 0.2) is 0 Å². The van der Waals surface area contributed by atoms with Gasteiger partial charge in [-0.2, -0.15) is 0 Å². The molecule has 0 atom stereocenters. The van der Waals surface area contributed by atoms with Crippen LogP contribution in [0.15, 0.2) is 358 Å². The van der Waals surface area contributed by atoms with E-state index in [2.05, 4.69) is 369 Å². The van der Waals surface area contributed by atoms with Gasteiger partial charge in [-0.15, -0.1) is 0 Å². The molecule has 0 N–H and O–H groups in total. The Hall–Kier alpha value is -13.4. The fraction of sp³-hybridized carbons (Fsp3) is 0. The van der Waals surface area contributed by atoms with Gasteiger partial charge in [-0.3, -0.25) is 4.98 Å². The van der Waals surface area contributed by atoms with Crippen LogP contribution in [0.2, 0.25) is 0 Å². The molecule has 0 saturated heterocycles. The Morgan fingerprint density at radius 3 is 0.680 bits per heavy atom. The Labute approximate surface area is 574 Å². The van der Waals surface area contributed by atoms with Crippen LogP contribution in [0.25, 0.3) is 197 Å². The molecule has 100 heavy (non-hydrogen) atoms. The fourth-order valence-electron chi connectivity index (χ4n) is 16.9. The van der Waals surface area contributed by atoms with Crippen molar-refractivity contribution in [3.8, 4) is 45.0 Å². The molecule has 0 spiro atoms. The maximum atomic E-state index is 4.26. The van der Waals surface area contributed by atoms with Gasteiger partial charge in [0.1, 0.15) is 0 Å². The zero-order valence-electron chi connectivity index (χ0n) is 54.3. The number of rotatable bonds is 6. The van der Waals surface area contributed by atoms with E-state index in [0.29, 0.717) is 0 Å². The summed E-state index contributed by atoms with van der Waals surface area (Å²) in [6.45, 7) is 0. The third-order valence-corrected chi connectivity index (χ3v) is 21.3. The van der Waals surface area contributed by atoms with Crippen molar-refractivity contribution in [2.24, 2.45) is 0 Å². The lowest BCUT2D eigenvalue weighted by molar-refractivity contribution is 1.16. The Kier molecular flexibility index (Phi) is 12.4. The standard InChI is InChI=1S/C48H30N2.C47H29N3/c1-2-12-33(13-3-1)49-45-20-10-8-18-40(45)43-28-31(22-26-47(43)49)32-23-27-48-44(29-32)41-19-9-11-21-46(41)50(48)34-24-25-39-37-16-5-4-14-35(37)36-15-6-7-17-38(36)42(39)30-34;1-2-11-36-34(9-1)35-10-3-4-12-37(35)41-29-33(19-20-38(36)41)50-45-16-8-6-14-40(45)43-28-31(18-22-47(43)50)30-17-21-46-42(27-30)39-13-5-7-15-44(39)49(46)32-23-25-48-26-24-32/h1-30H;1-29H. The van der Waals surface area contributed by atoms with E-state index in [1.54, 1.807) is 0 Å². The summed E-state index contributed by atoms with van der Waals surface area (Å²) < 4.78 is 9.58. The fourth-order valence-corrected chi connectivity index (χ4v) is 16.9. The van der Waals surface area contributed by atoms with Crippen molar-refractivity contribution in [1.29, 1.82) is 0 Å². The average Bonchev–Trinajstić information content (AvgIpc) is 1.38. The molecule has 22 aromatic rings. The summed E-state index contributed by atoms with van der Waals surface area (Å²) in [5.41, 5.74) is 19.1. The van der Waals surface area contributed by atoms with Gasteiger partial charge < -0.3 is 18.3 Å². The van der Waals surface area contributed by atoms with Crippen LogP contribution < -0.4 is 0 Å². The number of hydrogen-bond donors (Lipinski definition) is 0. The molecular formula is C95H59N5. The molecule has 0 amide bonds. The van der Waals surface area contributed by atoms with E-state index in [4.69, 9.17) is 0 Å². The van der Waals surface area contributed by atoms with Gasteiger partial charge in [-0.05, 0) is 208 Å². The lowest BCUT2D eigenvalue weighted by Crippen LogP contribution is -1.94. The average molecular weight is 1270 g/mol. The van der Waals surface area contributed by atoms with Crippen molar-refractivity contribution < 1.29 is 0 Å². The van der Waals surface area contributed by atoms with Crippen LogP contribution >= 0.6 is 0 Å². The highest BCUT2D eigenvalue weighted by atomic mass is 15.0. The van der Waals surface area contributed by atoms with Gasteiger partial charge in [-0.25, -0.2) is 0 Å². The molecule has 5 heterocycles. The van der Waals surface area contributed by atoms with Crippen LogP contribution in [0, 0.1) is 0 Å². The van der Waals surface area contributed by atoms with Gasteiger partial charge in [0.2, 0.25) is 0 Å². The lowest BCUT2D eigenvalue weighted by Gasteiger charge is -2.14. The molecule has 0 saturated carbocycles. The molecule has 5 nitrogen and oxygen atoms in total. The first-order valence-electron chi connectivity index (χ1n) is 34.4. The van der Waals surface area contributed by atoms with Gasteiger partial charge >= 0.3 is 0 Å². The molecule has 0 aliphatic carbocycles. The minimum Gasteiger partial charge on any atom is -0.309 e. The van der Waals surface area contributed by atoms with E-state index < -0.39 is 0 Å². The second-order valence-electron chi connectivity index (χ2n) is 26.5. The summed E-state index contributed by atoms with van der Waals surface area (Å²) in [5.74, 6) is 0. The first-order valence-corrected chi connectivity index (χ1v) is 34.4. The van der Waals surface area contributed by atoms with Gasteiger partial charge in [0.25, 0.3) is 0 Å². The van der Waals surface area contributed by atoms with Crippen LogP contribution in [-0.4, -0.2) is 23.3 Å². The second kappa shape index (κ2) is 22.1. The van der Waals surface area contributed by atoms with Gasteiger partial charge in [-0.1, -0.05) is 224 Å². The third-order valence-electron chi connectivity index (χ3n) is 21.3. The Morgan fingerprint density at radius 1 is 0.140 bits per heavy atom. The highest BCUT2D eigenvalue weighted by Crippen LogP contribution is 2.44. The molecule has 5 aromatic heterocycles. The number of benzene rings is 17. The summed E-state index contributed by atoms with van der Waals surface area (Å²) in [6.07, 6.45) is 3.72. The zero-order valence-corrected chi connectivity index (χ0v) is 54.3. The number of pyridine rings is 1. The van der Waals surface area contributed by atoms with Gasteiger partial charge in [0.05, 0.1) is 44.1 Å². The molecule has 0 bridgehead atoms. The summed E-state index contributed by atoms with van der Waals surface area (Å²) in [6, 6.07) is 127. The lowest BCUT2D eigenvalue weighted by atomic mass is 9.94. The molecule has 0 fully saturated rings. The molecular weight excluding hydrogens is 1210 g/mol. The van der Waals surface area contributed by atoms with E-state index in [-0.39, 0.29) is 0 Å². The van der Waals surface area contributed by atoms with Crippen LogP contribution in [0.3, 0.4) is 0 Å². The maximum Gasteiger partial charge on any atom is 0.0541 e. The van der Waals surface area contributed by atoms with Crippen LogP contribution in [0.1, 0.15) is 0 Å². The van der Waals surface area contributed by atoms with Crippen LogP contribution in [-0.2, 0) is 0 Å². The highest BCUT2D eigenvalue weighted by molar-refractivity contribution is 6.27. The van der Waals surface area contributed by atoms with Crippen LogP contribution in [0.5, 0.6) is 0 Å². The van der Waals surface area contributed by atoms with E-state index in [0.717, 1.165) is 5.69 Å². The molecule has 17 aromatic carbocycles. The number of para-hydroxylation sites is 5. The minimum absolute atomic E-state index is 1.11. The smallest absolute Gasteiger partial charge is 0.0541 e. The summed E-state index contributed by atoms with van der Waals surface area (Å²) >= 11 is 0. The first-order chi connectivity index (χ1) is 49.6. The molecule has 464 valence electrons. The molecule has 0 radical (unpaired) electrons. The van der Waals surface area contributed by atoms with E-state index in [1.807, 2.05) is 12.4 Å². The third kappa shape index (κ3) is 8.46. The maximum absolute atomic E-state index is 4.26. The second-order valence-corrected chi connectivity index (χ2v) is 26.5.